The van der Waals surface area contributed by atoms with E-state index in [1.54, 1.807) is 6.92 Å². The molecule has 4 nitrogen and oxygen atoms in total. The molecule has 1 N–H and O–H groups in total. The van der Waals surface area contributed by atoms with E-state index < -0.39 is 21.1 Å². The van der Waals surface area contributed by atoms with Crippen molar-refractivity contribution in [1.82, 2.24) is 0 Å². The van der Waals surface area contributed by atoms with Gasteiger partial charge in [0.1, 0.15) is 0 Å². The average molecular weight is 192 g/mol. The molecule has 1 heterocycles. The predicted molar refractivity (Wildman–Crippen MR) is 43.6 cm³/mol. The van der Waals surface area contributed by atoms with Crippen LogP contribution in [-0.2, 0) is 14.6 Å². The molecule has 0 aliphatic carbocycles. The van der Waals surface area contributed by atoms with Crippen LogP contribution in [0.15, 0.2) is 0 Å². The van der Waals surface area contributed by atoms with E-state index >= 15 is 0 Å². The van der Waals surface area contributed by atoms with Gasteiger partial charge in [0.2, 0.25) is 0 Å². The Kier molecular flexibility index (Phi) is 2.41. The molecule has 0 radical (unpaired) electrons. The highest BCUT2D eigenvalue weighted by molar-refractivity contribution is 7.92. The van der Waals surface area contributed by atoms with Gasteiger partial charge in [0.05, 0.1) is 11.0 Å². The zero-order valence-electron chi connectivity index (χ0n) is 6.86. The minimum absolute atomic E-state index is 0.0274. The fraction of sp³-hybridized carbons (Fsp3) is 0.857. The zero-order valence-corrected chi connectivity index (χ0v) is 7.67. The maximum Gasteiger partial charge on any atom is 0.303 e. The highest BCUT2D eigenvalue weighted by atomic mass is 32.2. The Labute approximate surface area is 71.5 Å². The molecule has 0 saturated carbocycles. The number of rotatable bonds is 2. The summed E-state index contributed by atoms with van der Waals surface area (Å²) in [7, 11) is -2.98. The Bertz CT molecular complexity index is 280. The van der Waals surface area contributed by atoms with Crippen LogP contribution in [0.25, 0.3) is 0 Å². The lowest BCUT2D eigenvalue weighted by Crippen LogP contribution is -2.20. The largest absolute Gasteiger partial charge is 0.481 e. The summed E-state index contributed by atoms with van der Waals surface area (Å²) in [6.45, 7) is 1.59. The normalized spacial score (nSPS) is 33.4. The van der Waals surface area contributed by atoms with E-state index in [2.05, 4.69) is 0 Å². The van der Waals surface area contributed by atoms with Crippen molar-refractivity contribution < 1.29 is 18.3 Å². The van der Waals surface area contributed by atoms with Crippen LogP contribution < -0.4 is 0 Å². The molecule has 1 fully saturated rings. The molecule has 0 bridgehead atoms. The van der Waals surface area contributed by atoms with Gasteiger partial charge in [-0.1, -0.05) is 0 Å². The Morgan fingerprint density at radius 3 is 2.50 bits per heavy atom. The number of carboxylic acids is 1. The highest BCUT2D eigenvalue weighted by Crippen LogP contribution is 2.28. The summed E-state index contributed by atoms with van der Waals surface area (Å²) in [6, 6.07) is 0. The minimum Gasteiger partial charge on any atom is -0.481 e. The number of sulfone groups is 1. The van der Waals surface area contributed by atoms with Crippen molar-refractivity contribution in [2.45, 2.75) is 25.0 Å². The van der Waals surface area contributed by atoms with Gasteiger partial charge in [-0.15, -0.1) is 0 Å². The first-order valence-electron chi connectivity index (χ1n) is 3.87. The van der Waals surface area contributed by atoms with Crippen LogP contribution in [0.5, 0.6) is 0 Å². The van der Waals surface area contributed by atoms with Crippen LogP contribution >= 0.6 is 0 Å². The summed E-state index contributed by atoms with van der Waals surface area (Å²) in [5, 5.41) is 7.99. The molecule has 0 aromatic rings. The fourth-order valence-electron chi connectivity index (χ4n) is 1.52. The fourth-order valence-corrected chi connectivity index (χ4v) is 3.34. The summed E-state index contributed by atoms with van der Waals surface area (Å²) in [5.41, 5.74) is 0. The van der Waals surface area contributed by atoms with E-state index in [4.69, 9.17) is 5.11 Å². The Hall–Kier alpha value is -0.580. The molecule has 2 atom stereocenters. The second-order valence-electron chi connectivity index (χ2n) is 3.22. The van der Waals surface area contributed by atoms with Crippen molar-refractivity contribution >= 4 is 15.8 Å². The first-order valence-corrected chi connectivity index (χ1v) is 5.58. The topological polar surface area (TPSA) is 71.4 Å². The van der Waals surface area contributed by atoms with Crippen molar-refractivity contribution in [3.8, 4) is 0 Å². The summed E-state index contributed by atoms with van der Waals surface area (Å²) >= 11 is 0. The number of hydrogen-bond donors (Lipinski definition) is 1. The van der Waals surface area contributed by atoms with Crippen LogP contribution in [0.4, 0.5) is 0 Å². The van der Waals surface area contributed by atoms with E-state index in [9.17, 15) is 13.2 Å². The van der Waals surface area contributed by atoms with Crippen molar-refractivity contribution in [2.24, 2.45) is 5.92 Å². The maximum atomic E-state index is 11.2. The van der Waals surface area contributed by atoms with E-state index in [0.29, 0.717) is 6.42 Å². The lowest BCUT2D eigenvalue weighted by Gasteiger charge is -2.10. The lowest BCUT2D eigenvalue weighted by molar-refractivity contribution is -0.138. The average Bonchev–Trinajstić information content (AvgIpc) is 2.15. The summed E-state index contributed by atoms with van der Waals surface area (Å²) in [6.07, 6.45) is 0.468. The summed E-state index contributed by atoms with van der Waals surface area (Å²) < 4.78 is 22.3. The van der Waals surface area contributed by atoms with E-state index in [0.717, 1.165) is 0 Å². The van der Waals surface area contributed by atoms with E-state index in [1.165, 1.54) is 0 Å². The molecule has 5 heteroatoms. The first kappa shape index (κ1) is 9.51. The van der Waals surface area contributed by atoms with Gasteiger partial charge in [-0.05, 0) is 19.3 Å². The first-order chi connectivity index (χ1) is 5.43. The van der Waals surface area contributed by atoms with Gasteiger partial charge >= 0.3 is 5.97 Å². The number of carboxylic acid groups (broad SMARTS) is 1. The monoisotopic (exact) mass is 192 g/mol. The van der Waals surface area contributed by atoms with Gasteiger partial charge in [0, 0.05) is 6.42 Å². The van der Waals surface area contributed by atoms with Crippen LogP contribution in [0, 0.1) is 5.92 Å². The third kappa shape index (κ3) is 1.77. The lowest BCUT2D eigenvalue weighted by atomic mass is 10.00. The molecular formula is C7H12O4S. The predicted octanol–water partition coefficient (Wildman–Crippen LogP) is 0.284. The molecular weight excluding hydrogens is 180 g/mol. The molecule has 1 saturated heterocycles. The molecule has 0 spiro atoms. The molecule has 1 aliphatic heterocycles. The van der Waals surface area contributed by atoms with Gasteiger partial charge in [0.25, 0.3) is 0 Å². The molecule has 0 aromatic carbocycles. The van der Waals surface area contributed by atoms with E-state index in [1.807, 2.05) is 0 Å². The van der Waals surface area contributed by atoms with Crippen molar-refractivity contribution in [3.05, 3.63) is 0 Å². The summed E-state index contributed by atoms with van der Waals surface area (Å²) in [5.74, 6) is -0.956. The molecule has 1 aliphatic rings. The van der Waals surface area contributed by atoms with E-state index in [-0.39, 0.29) is 18.1 Å². The Morgan fingerprint density at radius 2 is 2.17 bits per heavy atom. The van der Waals surface area contributed by atoms with Gasteiger partial charge in [0.15, 0.2) is 9.84 Å². The number of aliphatic carboxylic acids is 1. The zero-order chi connectivity index (χ0) is 9.35. The molecule has 12 heavy (non-hydrogen) atoms. The van der Waals surface area contributed by atoms with Crippen molar-refractivity contribution in [2.75, 3.05) is 5.75 Å². The third-order valence-electron chi connectivity index (χ3n) is 2.44. The maximum absolute atomic E-state index is 11.2. The number of carbonyl (C=O) groups is 1. The standard InChI is InChI=1S/C7H12O4S/c1-5-6(4-7(8)9)2-3-12(5,10)11/h5-6H,2-4H2,1H3,(H,8,9). The second kappa shape index (κ2) is 3.05. The third-order valence-corrected chi connectivity index (χ3v) is 4.76. The minimum atomic E-state index is -2.98. The van der Waals surface area contributed by atoms with Gasteiger partial charge < -0.3 is 5.11 Å². The molecule has 0 amide bonds. The Balaban J connectivity index is 2.68. The molecule has 0 aromatic heterocycles. The van der Waals surface area contributed by atoms with Gasteiger partial charge in [-0.3, -0.25) is 4.79 Å². The van der Waals surface area contributed by atoms with Gasteiger partial charge in [-0.2, -0.15) is 0 Å². The van der Waals surface area contributed by atoms with Crippen LogP contribution in [0.2, 0.25) is 0 Å². The second-order valence-corrected chi connectivity index (χ2v) is 5.70. The van der Waals surface area contributed by atoms with Crippen LogP contribution in [0.3, 0.4) is 0 Å². The number of hydrogen-bond acceptors (Lipinski definition) is 3. The highest BCUT2D eigenvalue weighted by Gasteiger charge is 2.37. The smallest absolute Gasteiger partial charge is 0.303 e. The summed E-state index contributed by atoms with van der Waals surface area (Å²) in [4.78, 5) is 10.3. The molecule has 2 unspecified atom stereocenters. The SMILES string of the molecule is CC1C(CC(=O)O)CCS1(=O)=O. The molecule has 70 valence electrons. The quantitative estimate of drug-likeness (QED) is 0.682. The van der Waals surface area contributed by atoms with Crippen LogP contribution in [0.1, 0.15) is 19.8 Å². The van der Waals surface area contributed by atoms with Crippen molar-refractivity contribution in [3.63, 3.8) is 0 Å². The van der Waals surface area contributed by atoms with Crippen molar-refractivity contribution in [1.29, 1.82) is 0 Å². The van der Waals surface area contributed by atoms with Gasteiger partial charge in [-0.25, -0.2) is 8.42 Å². The Morgan fingerprint density at radius 1 is 1.58 bits per heavy atom. The molecule has 1 rings (SSSR count). The van der Waals surface area contributed by atoms with Crippen LogP contribution in [-0.4, -0.2) is 30.5 Å².